The summed E-state index contributed by atoms with van der Waals surface area (Å²) >= 11 is 6.88. The Balaban J connectivity index is 2.42. The lowest BCUT2D eigenvalue weighted by molar-refractivity contribution is 0.0952. The highest BCUT2D eigenvalue weighted by Gasteiger charge is 2.46. The van der Waals surface area contributed by atoms with Crippen molar-refractivity contribution in [1.82, 2.24) is 0 Å². The number of alkyl halides is 2. The van der Waals surface area contributed by atoms with Crippen molar-refractivity contribution in [3.63, 3.8) is 0 Å². The number of Topliss-reactive ketones (excluding diaryl/α,β-unsaturated/α-hetero) is 2. The van der Waals surface area contributed by atoms with Gasteiger partial charge >= 0.3 is 0 Å². The first-order valence-electron chi connectivity index (χ1n) is 13.6. The molecule has 0 bridgehead atoms. The molecule has 42 heavy (non-hydrogen) atoms. The zero-order valence-corrected chi connectivity index (χ0v) is 29.9. The molecular weight excluding hydrogens is 679 g/mol. The second kappa shape index (κ2) is 11.9. The Morgan fingerprint density at radius 1 is 0.571 bits per heavy atom. The molecule has 0 fully saturated rings. The lowest BCUT2D eigenvalue weighted by atomic mass is 9.88. The monoisotopic (exact) mass is 714 g/mol. The van der Waals surface area contributed by atoms with Crippen LogP contribution >= 0.6 is 39.0 Å². The molecule has 0 heterocycles. The molecule has 0 saturated heterocycles. The highest BCUT2D eigenvalue weighted by Crippen LogP contribution is 2.53. The zero-order valence-electron chi connectivity index (χ0n) is 25.8. The number of carbonyl (C=O) groups is 4. The summed E-state index contributed by atoms with van der Waals surface area (Å²) in [5.74, 6) is -0.448. The van der Waals surface area contributed by atoms with E-state index in [1.54, 1.807) is 99.6 Å². The van der Waals surface area contributed by atoms with E-state index in [0.29, 0.717) is 44.5 Å². The van der Waals surface area contributed by atoms with Gasteiger partial charge in [0.05, 0.1) is 8.65 Å². The fourth-order valence-electron chi connectivity index (χ4n) is 5.60. The summed E-state index contributed by atoms with van der Waals surface area (Å²) in [7, 11) is -4.54. The summed E-state index contributed by atoms with van der Waals surface area (Å²) in [6.07, 6.45) is 0. The Morgan fingerprint density at radius 3 is 1.19 bits per heavy atom. The minimum absolute atomic E-state index is 0.0983. The van der Waals surface area contributed by atoms with Crippen LogP contribution in [0.5, 0.6) is 0 Å². The van der Waals surface area contributed by atoms with Crippen LogP contribution in [0.25, 0.3) is 0 Å². The van der Waals surface area contributed by atoms with Crippen molar-refractivity contribution in [3.8, 4) is 0 Å². The van der Waals surface area contributed by atoms with Crippen LogP contribution in [0, 0.1) is 41.5 Å². The number of ketones is 2. The van der Waals surface area contributed by atoms with Gasteiger partial charge in [0.25, 0.3) is 0 Å². The van der Waals surface area contributed by atoms with Gasteiger partial charge in [-0.25, -0.2) is 0 Å². The zero-order chi connectivity index (χ0) is 32.1. The Kier molecular flexibility index (Phi) is 9.64. The number of carbonyl (C=O) groups excluding carboxylic acids is 4. The number of halogens is 2. The van der Waals surface area contributed by atoms with E-state index in [1.165, 1.54) is 12.1 Å². The summed E-state index contributed by atoms with van der Waals surface area (Å²) in [5, 5.41) is 0.0983. The SMILES string of the molecule is Cc1cc(C)c(C(=O)P(=O)(C(=O)c2c(C)cc(C)c(C(=O)C(C)(C)Br)c2C)c2ccccc2)c(C)c1C(=O)C(C)(C)Br. The molecule has 8 heteroatoms. The molecule has 0 spiro atoms. The average Bonchev–Trinajstić information content (AvgIpc) is 2.86. The van der Waals surface area contributed by atoms with Gasteiger partial charge in [-0.15, -0.1) is 0 Å². The molecule has 0 aliphatic rings. The minimum atomic E-state index is -4.54. The predicted octanol–water partition coefficient (Wildman–Crippen LogP) is 8.92. The summed E-state index contributed by atoms with van der Waals surface area (Å²) < 4.78 is 13.5. The predicted molar refractivity (Wildman–Crippen MR) is 178 cm³/mol. The van der Waals surface area contributed by atoms with E-state index in [9.17, 15) is 19.2 Å². The largest absolute Gasteiger partial charge is 0.302 e. The first-order chi connectivity index (χ1) is 19.2. The van der Waals surface area contributed by atoms with Gasteiger partial charge in [-0.2, -0.15) is 0 Å². The van der Waals surface area contributed by atoms with E-state index in [4.69, 9.17) is 0 Å². The van der Waals surface area contributed by atoms with E-state index in [2.05, 4.69) is 31.9 Å². The number of hydrogen-bond donors (Lipinski definition) is 0. The highest BCUT2D eigenvalue weighted by molar-refractivity contribution is 9.10. The maximum absolute atomic E-state index is 15.3. The summed E-state index contributed by atoms with van der Waals surface area (Å²) in [4.78, 5) is 56.2. The Labute approximate surface area is 265 Å². The van der Waals surface area contributed by atoms with Gasteiger partial charge in [0.1, 0.15) is 0 Å². The third-order valence-electron chi connectivity index (χ3n) is 7.60. The average molecular weight is 716 g/mol. The first kappa shape index (κ1) is 34.0. The van der Waals surface area contributed by atoms with Crippen molar-refractivity contribution in [2.45, 2.75) is 77.9 Å². The standard InChI is InChI=1S/C34H37Br2O5P/c1-18-16-20(3)27(22(5)25(18)29(37)33(7,8)35)31(39)42(41,24-14-12-11-13-15-24)32(40)28-21(4)17-19(2)26(23(28)6)30(38)34(9,10)36/h11-17H,1-10H3. The molecule has 5 nitrogen and oxygen atoms in total. The third-order valence-corrected chi connectivity index (χ3v) is 10.9. The second-order valence-corrected chi connectivity index (χ2v) is 18.4. The molecule has 222 valence electrons. The second-order valence-electron chi connectivity index (χ2n) is 11.9. The van der Waals surface area contributed by atoms with Gasteiger partial charge < -0.3 is 4.57 Å². The van der Waals surface area contributed by atoms with Gasteiger partial charge in [0.2, 0.25) is 18.2 Å². The van der Waals surface area contributed by atoms with Crippen LogP contribution in [0.3, 0.4) is 0 Å². The molecule has 0 amide bonds. The molecule has 0 N–H and O–H groups in total. The summed E-state index contributed by atoms with van der Waals surface area (Å²) in [5.41, 5.74) is 2.43. The molecule has 0 unspecified atom stereocenters. The molecule has 3 aromatic carbocycles. The highest BCUT2D eigenvalue weighted by atomic mass is 79.9. The van der Waals surface area contributed by atoms with Crippen LogP contribution in [0.2, 0.25) is 0 Å². The molecule has 0 radical (unpaired) electrons. The molecule has 0 saturated carbocycles. The molecular formula is C34H37Br2O5P. The quantitative estimate of drug-likeness (QED) is 0.126. The van der Waals surface area contributed by atoms with E-state index in [1.807, 2.05) is 0 Å². The lowest BCUT2D eigenvalue weighted by Gasteiger charge is -2.25. The Morgan fingerprint density at radius 2 is 0.881 bits per heavy atom. The number of benzene rings is 3. The van der Waals surface area contributed by atoms with Crippen LogP contribution < -0.4 is 5.30 Å². The maximum atomic E-state index is 15.3. The molecule has 3 aromatic rings. The van der Waals surface area contributed by atoms with E-state index in [0.717, 1.165) is 0 Å². The van der Waals surface area contributed by atoms with Crippen molar-refractivity contribution in [2.24, 2.45) is 0 Å². The van der Waals surface area contributed by atoms with Crippen molar-refractivity contribution < 1.29 is 23.7 Å². The van der Waals surface area contributed by atoms with E-state index < -0.39 is 26.8 Å². The molecule has 0 aliphatic carbocycles. The van der Waals surface area contributed by atoms with Gasteiger partial charge in [-0.1, -0.05) is 74.3 Å². The van der Waals surface area contributed by atoms with Gasteiger partial charge in [-0.3, -0.25) is 19.2 Å². The summed E-state index contributed by atoms with van der Waals surface area (Å²) in [6, 6.07) is 11.5. The van der Waals surface area contributed by atoms with E-state index in [-0.39, 0.29) is 28.0 Å². The normalized spacial score (nSPS) is 12.3. The van der Waals surface area contributed by atoms with Crippen LogP contribution in [0.15, 0.2) is 42.5 Å². The van der Waals surface area contributed by atoms with Gasteiger partial charge in [-0.05, 0) is 103 Å². The number of hydrogen-bond acceptors (Lipinski definition) is 5. The summed E-state index contributed by atoms with van der Waals surface area (Å²) in [6.45, 7) is 17.3. The van der Waals surface area contributed by atoms with Crippen LogP contribution in [-0.2, 0) is 4.57 Å². The smallest absolute Gasteiger partial charge is 0.248 e. The van der Waals surface area contributed by atoms with Crippen LogP contribution in [-0.4, -0.2) is 31.3 Å². The fraction of sp³-hybridized carbons (Fsp3) is 0.353. The minimum Gasteiger partial charge on any atom is -0.302 e. The van der Waals surface area contributed by atoms with Crippen LogP contribution in [0.1, 0.15) is 103 Å². The third kappa shape index (κ3) is 5.98. The van der Waals surface area contributed by atoms with Crippen molar-refractivity contribution in [2.75, 3.05) is 0 Å². The lowest BCUT2D eigenvalue weighted by Crippen LogP contribution is -2.29. The van der Waals surface area contributed by atoms with Crippen LogP contribution in [0.4, 0.5) is 0 Å². The number of rotatable bonds is 9. The molecule has 0 aromatic heterocycles. The van der Waals surface area contributed by atoms with Crippen molar-refractivity contribution in [1.29, 1.82) is 0 Å². The Hall–Kier alpha value is -2.47. The Bertz CT molecular complexity index is 1590. The van der Waals surface area contributed by atoms with E-state index >= 15 is 4.57 Å². The fourth-order valence-corrected chi connectivity index (χ4v) is 8.56. The van der Waals surface area contributed by atoms with Gasteiger partial charge in [0.15, 0.2) is 11.6 Å². The molecule has 0 aliphatic heterocycles. The molecule has 3 rings (SSSR count). The van der Waals surface area contributed by atoms with Crippen molar-refractivity contribution in [3.05, 3.63) is 98.1 Å². The van der Waals surface area contributed by atoms with Gasteiger partial charge in [0, 0.05) is 27.6 Å². The molecule has 0 atom stereocenters. The van der Waals surface area contributed by atoms with Crippen molar-refractivity contribution >= 4 is 66.9 Å². The first-order valence-corrected chi connectivity index (χ1v) is 16.9. The topological polar surface area (TPSA) is 85.3 Å². The maximum Gasteiger partial charge on any atom is 0.248 e. The number of aryl methyl sites for hydroxylation is 4.